The van der Waals surface area contributed by atoms with Crippen molar-refractivity contribution in [2.24, 2.45) is 5.92 Å². The lowest BCUT2D eigenvalue weighted by atomic mass is 9.88. The van der Waals surface area contributed by atoms with Crippen LogP contribution in [0.25, 0.3) is 5.57 Å². The monoisotopic (exact) mass is 302 g/mol. The topological polar surface area (TPSA) is 0 Å². The van der Waals surface area contributed by atoms with E-state index in [4.69, 9.17) is 23.2 Å². The molecule has 0 bridgehead atoms. The second-order valence-corrected chi connectivity index (χ2v) is 5.67. The van der Waals surface area contributed by atoms with Crippen LogP contribution in [0.4, 0.5) is 8.78 Å². The van der Waals surface area contributed by atoms with Gasteiger partial charge >= 0.3 is 0 Å². The minimum atomic E-state index is -0.871. The van der Waals surface area contributed by atoms with Crippen molar-refractivity contribution < 1.29 is 8.78 Å². The van der Waals surface area contributed by atoms with E-state index < -0.39 is 11.6 Å². The van der Waals surface area contributed by atoms with Crippen molar-refractivity contribution in [2.45, 2.75) is 26.7 Å². The van der Waals surface area contributed by atoms with Gasteiger partial charge in [0.2, 0.25) is 0 Å². The van der Waals surface area contributed by atoms with Gasteiger partial charge in [-0.3, -0.25) is 0 Å². The minimum absolute atomic E-state index is 0.327. The van der Waals surface area contributed by atoms with Crippen molar-refractivity contribution in [3.8, 4) is 0 Å². The molecule has 19 heavy (non-hydrogen) atoms. The molecule has 0 N–H and O–H groups in total. The zero-order chi connectivity index (χ0) is 14.2. The van der Waals surface area contributed by atoms with Crippen LogP contribution in [0.3, 0.4) is 0 Å². The van der Waals surface area contributed by atoms with Crippen molar-refractivity contribution in [3.63, 3.8) is 0 Å². The maximum atomic E-state index is 13.3. The molecule has 1 aliphatic rings. The third-order valence-electron chi connectivity index (χ3n) is 3.35. The summed E-state index contributed by atoms with van der Waals surface area (Å²) in [5, 5.41) is 0.991. The molecule has 0 saturated carbocycles. The Balaban J connectivity index is 2.48. The predicted molar refractivity (Wildman–Crippen MR) is 76.1 cm³/mol. The zero-order valence-electron chi connectivity index (χ0n) is 10.7. The molecular formula is C15H14Cl2F2. The van der Waals surface area contributed by atoms with Crippen LogP contribution in [0.1, 0.15) is 32.3 Å². The molecule has 4 heteroatoms. The Kier molecular flexibility index (Phi) is 4.32. The van der Waals surface area contributed by atoms with Crippen LogP contribution in [0.5, 0.6) is 0 Å². The quantitative estimate of drug-likeness (QED) is 0.642. The number of allylic oxidation sites excluding steroid dienone is 4. The second kappa shape index (κ2) is 5.64. The summed E-state index contributed by atoms with van der Waals surface area (Å²) in [7, 11) is 0. The Labute approximate surface area is 121 Å². The van der Waals surface area contributed by atoms with E-state index in [9.17, 15) is 8.78 Å². The fourth-order valence-electron chi connectivity index (χ4n) is 2.25. The summed E-state index contributed by atoms with van der Waals surface area (Å²) in [6, 6.07) is 3.80. The van der Waals surface area contributed by atoms with Crippen LogP contribution < -0.4 is 0 Å². The molecule has 0 aliphatic heterocycles. The number of hydrogen-bond acceptors (Lipinski definition) is 0. The normalized spacial score (nSPS) is 16.6. The van der Waals surface area contributed by atoms with Gasteiger partial charge in [0, 0.05) is 0 Å². The molecule has 0 spiro atoms. The minimum Gasteiger partial charge on any atom is -0.204 e. The maximum Gasteiger partial charge on any atom is 0.159 e. The van der Waals surface area contributed by atoms with Crippen LogP contribution in [0.2, 0.25) is 0 Å². The standard InChI is InChI=1S/C15H14Cl2F2/c1-8(2)10-4-5-11(15(17)14(10)16)9-3-6-12(18)13(19)7-9/h3,6-8H,4-5H2,1-2H3. The summed E-state index contributed by atoms with van der Waals surface area (Å²) < 4.78 is 26.2. The second-order valence-electron chi connectivity index (χ2n) is 4.92. The van der Waals surface area contributed by atoms with E-state index in [1.165, 1.54) is 6.07 Å². The Morgan fingerprint density at radius 1 is 1.00 bits per heavy atom. The number of halogens is 4. The van der Waals surface area contributed by atoms with Crippen molar-refractivity contribution in [1.82, 2.24) is 0 Å². The largest absolute Gasteiger partial charge is 0.204 e. The molecule has 0 saturated heterocycles. The molecule has 1 aliphatic carbocycles. The van der Waals surface area contributed by atoms with Crippen LogP contribution in [-0.4, -0.2) is 0 Å². The van der Waals surface area contributed by atoms with Gasteiger partial charge in [0.05, 0.1) is 10.1 Å². The van der Waals surface area contributed by atoms with Crippen LogP contribution >= 0.6 is 23.2 Å². The molecular weight excluding hydrogens is 289 g/mol. The number of rotatable bonds is 2. The Morgan fingerprint density at radius 2 is 1.68 bits per heavy atom. The first kappa shape index (κ1) is 14.5. The molecule has 0 atom stereocenters. The average Bonchev–Trinajstić information content (AvgIpc) is 2.36. The Hall–Kier alpha value is -0.860. The molecule has 1 aromatic rings. The smallest absolute Gasteiger partial charge is 0.159 e. The highest BCUT2D eigenvalue weighted by Gasteiger charge is 2.22. The third kappa shape index (κ3) is 2.85. The predicted octanol–water partition coefficient (Wildman–Crippen LogP) is 5.86. The lowest BCUT2D eigenvalue weighted by Crippen LogP contribution is -2.05. The first-order valence-electron chi connectivity index (χ1n) is 6.14. The van der Waals surface area contributed by atoms with E-state index in [1.54, 1.807) is 0 Å². The first-order valence-corrected chi connectivity index (χ1v) is 6.90. The van der Waals surface area contributed by atoms with E-state index in [-0.39, 0.29) is 0 Å². The summed E-state index contributed by atoms with van der Waals surface area (Å²) in [4.78, 5) is 0. The maximum absolute atomic E-state index is 13.3. The fraction of sp³-hybridized carbons (Fsp3) is 0.333. The highest BCUT2D eigenvalue weighted by Crippen LogP contribution is 2.42. The zero-order valence-corrected chi connectivity index (χ0v) is 12.2. The molecule has 0 unspecified atom stereocenters. The van der Waals surface area contributed by atoms with E-state index >= 15 is 0 Å². The molecule has 0 aromatic heterocycles. The van der Waals surface area contributed by atoms with Gasteiger partial charge in [-0.15, -0.1) is 0 Å². The lowest BCUT2D eigenvalue weighted by molar-refractivity contribution is 0.508. The van der Waals surface area contributed by atoms with Crippen molar-refractivity contribution in [1.29, 1.82) is 0 Å². The molecule has 0 radical (unpaired) electrons. The van der Waals surface area contributed by atoms with Crippen molar-refractivity contribution in [3.05, 3.63) is 51.0 Å². The SMILES string of the molecule is CC(C)C1=C(Cl)C(Cl)=C(c2ccc(F)c(F)c2)CC1. The fourth-order valence-corrected chi connectivity index (χ4v) is 3.00. The third-order valence-corrected chi connectivity index (χ3v) is 4.29. The molecule has 0 heterocycles. The Morgan fingerprint density at radius 3 is 2.26 bits per heavy atom. The van der Waals surface area contributed by atoms with Crippen LogP contribution in [0, 0.1) is 17.6 Å². The van der Waals surface area contributed by atoms with Gasteiger partial charge < -0.3 is 0 Å². The summed E-state index contributed by atoms with van der Waals surface area (Å²) in [5.41, 5.74) is 2.47. The summed E-state index contributed by atoms with van der Waals surface area (Å²) in [6.45, 7) is 4.12. The summed E-state index contributed by atoms with van der Waals surface area (Å²) in [5.74, 6) is -1.40. The van der Waals surface area contributed by atoms with Gasteiger partial charge in [0.1, 0.15) is 0 Å². The molecule has 1 aromatic carbocycles. The molecule has 2 rings (SSSR count). The highest BCUT2D eigenvalue weighted by atomic mass is 35.5. The van der Waals surface area contributed by atoms with E-state index in [0.717, 1.165) is 29.7 Å². The van der Waals surface area contributed by atoms with Gasteiger partial charge in [0.25, 0.3) is 0 Å². The van der Waals surface area contributed by atoms with Crippen molar-refractivity contribution in [2.75, 3.05) is 0 Å². The van der Waals surface area contributed by atoms with E-state index in [0.29, 0.717) is 28.0 Å². The highest BCUT2D eigenvalue weighted by molar-refractivity contribution is 6.46. The molecule has 0 nitrogen and oxygen atoms in total. The van der Waals surface area contributed by atoms with Gasteiger partial charge in [-0.25, -0.2) is 8.78 Å². The van der Waals surface area contributed by atoms with Crippen LogP contribution in [-0.2, 0) is 0 Å². The van der Waals surface area contributed by atoms with Crippen molar-refractivity contribution >= 4 is 28.8 Å². The number of hydrogen-bond donors (Lipinski definition) is 0. The lowest BCUT2D eigenvalue weighted by Gasteiger charge is -2.22. The van der Waals surface area contributed by atoms with Gasteiger partial charge in [-0.2, -0.15) is 0 Å². The van der Waals surface area contributed by atoms with Gasteiger partial charge in [-0.1, -0.05) is 43.1 Å². The van der Waals surface area contributed by atoms with Gasteiger partial charge in [-0.05, 0) is 47.6 Å². The summed E-state index contributed by atoms with van der Waals surface area (Å²) >= 11 is 12.5. The average molecular weight is 303 g/mol. The molecule has 102 valence electrons. The molecule has 0 amide bonds. The first-order chi connectivity index (χ1) is 8.91. The van der Waals surface area contributed by atoms with Crippen LogP contribution in [0.15, 0.2) is 33.8 Å². The number of benzene rings is 1. The Bertz CT molecular complexity index is 572. The van der Waals surface area contributed by atoms with E-state index in [2.05, 4.69) is 13.8 Å². The van der Waals surface area contributed by atoms with Gasteiger partial charge in [0.15, 0.2) is 11.6 Å². The summed E-state index contributed by atoms with van der Waals surface area (Å²) in [6.07, 6.45) is 1.48. The molecule has 0 fully saturated rings. The van der Waals surface area contributed by atoms with E-state index in [1.807, 2.05) is 0 Å².